The van der Waals surface area contributed by atoms with Gasteiger partial charge in [-0.3, -0.25) is 9.59 Å². The third-order valence-electron chi connectivity index (χ3n) is 4.36. The lowest BCUT2D eigenvalue weighted by atomic mass is 9.90. The second-order valence-electron chi connectivity index (χ2n) is 6.63. The van der Waals surface area contributed by atoms with Crippen LogP contribution in [0.4, 0.5) is 5.69 Å². The van der Waals surface area contributed by atoms with Gasteiger partial charge in [0, 0.05) is 12.2 Å². The minimum Gasteiger partial charge on any atom is -0.497 e. The average molecular weight is 370 g/mol. The van der Waals surface area contributed by atoms with E-state index >= 15 is 0 Å². The lowest BCUT2D eigenvalue weighted by Gasteiger charge is -2.23. The number of ether oxygens (including phenoxy) is 2. The van der Waals surface area contributed by atoms with Crippen LogP contribution in [0.1, 0.15) is 19.4 Å². The van der Waals surface area contributed by atoms with Gasteiger partial charge < -0.3 is 20.1 Å². The highest BCUT2D eigenvalue weighted by Gasteiger charge is 2.35. The maximum absolute atomic E-state index is 12.5. The molecule has 0 fully saturated rings. The Morgan fingerprint density at radius 1 is 0.926 bits per heavy atom. The first kappa shape index (κ1) is 20.3. The topological polar surface area (TPSA) is 76.7 Å². The molecule has 0 aromatic heterocycles. The Labute approximate surface area is 159 Å². The molecule has 2 aromatic rings. The largest absolute Gasteiger partial charge is 0.497 e. The standard InChI is InChI=1S/C21H26N2O4/c1-21(2,20(25)23-16-9-11-17(26-3)12-10-16)19(24)22-14-13-15-7-5-6-8-18(15)27-4/h5-12H,13-14H2,1-4H3,(H,22,24)(H,23,25). The lowest BCUT2D eigenvalue weighted by Crippen LogP contribution is -2.45. The average Bonchev–Trinajstić information content (AvgIpc) is 2.68. The fourth-order valence-corrected chi connectivity index (χ4v) is 2.51. The van der Waals surface area contributed by atoms with E-state index in [0.717, 1.165) is 11.3 Å². The number of anilines is 1. The number of carbonyl (C=O) groups excluding carboxylic acids is 2. The smallest absolute Gasteiger partial charge is 0.239 e. The molecule has 2 amide bonds. The number of benzene rings is 2. The molecule has 0 aliphatic heterocycles. The summed E-state index contributed by atoms with van der Waals surface area (Å²) in [7, 11) is 3.19. The predicted octanol–water partition coefficient (Wildman–Crippen LogP) is 3.03. The zero-order chi connectivity index (χ0) is 19.9. The molecule has 0 saturated carbocycles. The maximum atomic E-state index is 12.5. The van der Waals surface area contributed by atoms with Crippen molar-refractivity contribution in [3.8, 4) is 11.5 Å². The van der Waals surface area contributed by atoms with Gasteiger partial charge in [-0.25, -0.2) is 0 Å². The molecule has 144 valence electrons. The maximum Gasteiger partial charge on any atom is 0.239 e. The molecule has 0 heterocycles. The summed E-state index contributed by atoms with van der Waals surface area (Å²) in [5, 5.41) is 5.60. The molecule has 0 saturated heterocycles. The summed E-state index contributed by atoms with van der Waals surface area (Å²) in [6.45, 7) is 3.62. The van der Waals surface area contributed by atoms with Crippen LogP contribution in [-0.2, 0) is 16.0 Å². The van der Waals surface area contributed by atoms with Crippen molar-refractivity contribution < 1.29 is 19.1 Å². The Bertz CT molecular complexity index is 785. The minimum absolute atomic E-state index is 0.330. The van der Waals surface area contributed by atoms with E-state index in [2.05, 4.69) is 10.6 Å². The highest BCUT2D eigenvalue weighted by Crippen LogP contribution is 2.21. The number of rotatable bonds is 8. The molecule has 0 bridgehead atoms. The summed E-state index contributed by atoms with van der Waals surface area (Å²) >= 11 is 0. The molecule has 2 rings (SSSR count). The monoisotopic (exact) mass is 370 g/mol. The van der Waals surface area contributed by atoms with Gasteiger partial charge in [-0.2, -0.15) is 0 Å². The molecular formula is C21H26N2O4. The van der Waals surface area contributed by atoms with Gasteiger partial charge in [0.1, 0.15) is 16.9 Å². The first-order valence-electron chi connectivity index (χ1n) is 8.74. The van der Waals surface area contributed by atoms with Gasteiger partial charge in [-0.05, 0) is 56.2 Å². The van der Waals surface area contributed by atoms with Gasteiger partial charge in [-0.1, -0.05) is 18.2 Å². The zero-order valence-electron chi connectivity index (χ0n) is 16.2. The summed E-state index contributed by atoms with van der Waals surface area (Å²) in [6, 6.07) is 14.6. The van der Waals surface area contributed by atoms with E-state index in [1.165, 1.54) is 0 Å². The highest BCUT2D eigenvalue weighted by molar-refractivity contribution is 6.09. The third kappa shape index (κ3) is 5.23. The number of hydrogen-bond donors (Lipinski definition) is 2. The van der Waals surface area contributed by atoms with E-state index in [9.17, 15) is 9.59 Å². The van der Waals surface area contributed by atoms with Gasteiger partial charge in [0.15, 0.2) is 0 Å². The molecule has 6 nitrogen and oxygen atoms in total. The van der Waals surface area contributed by atoms with Crippen molar-refractivity contribution in [1.82, 2.24) is 5.32 Å². The van der Waals surface area contributed by atoms with Crippen molar-refractivity contribution in [1.29, 1.82) is 0 Å². The summed E-state index contributed by atoms with van der Waals surface area (Å²) in [4.78, 5) is 25.1. The van der Waals surface area contributed by atoms with Crippen molar-refractivity contribution in [3.63, 3.8) is 0 Å². The first-order chi connectivity index (χ1) is 12.9. The van der Waals surface area contributed by atoms with E-state index in [1.807, 2.05) is 24.3 Å². The molecule has 2 N–H and O–H groups in total. The van der Waals surface area contributed by atoms with Crippen molar-refractivity contribution in [2.75, 3.05) is 26.1 Å². The fourth-order valence-electron chi connectivity index (χ4n) is 2.51. The second-order valence-corrected chi connectivity index (χ2v) is 6.63. The normalized spacial score (nSPS) is 10.8. The zero-order valence-corrected chi connectivity index (χ0v) is 16.2. The lowest BCUT2D eigenvalue weighted by molar-refractivity contribution is -0.138. The Kier molecular flexibility index (Phi) is 6.82. The summed E-state index contributed by atoms with van der Waals surface area (Å²) < 4.78 is 10.4. The number of nitrogens with one attached hydrogen (secondary N) is 2. The number of methoxy groups -OCH3 is 2. The Morgan fingerprint density at radius 2 is 1.59 bits per heavy atom. The molecule has 27 heavy (non-hydrogen) atoms. The van der Waals surface area contributed by atoms with Crippen LogP contribution in [0, 0.1) is 5.41 Å². The third-order valence-corrected chi connectivity index (χ3v) is 4.36. The molecule has 0 unspecified atom stereocenters. The van der Waals surface area contributed by atoms with Gasteiger partial charge in [-0.15, -0.1) is 0 Å². The van der Waals surface area contributed by atoms with Crippen molar-refractivity contribution in [2.45, 2.75) is 20.3 Å². The highest BCUT2D eigenvalue weighted by atomic mass is 16.5. The van der Waals surface area contributed by atoms with E-state index in [4.69, 9.17) is 9.47 Å². The summed E-state index contributed by atoms with van der Waals surface area (Å²) in [5.41, 5.74) is 0.400. The van der Waals surface area contributed by atoms with E-state index < -0.39 is 5.41 Å². The van der Waals surface area contributed by atoms with Crippen LogP contribution < -0.4 is 20.1 Å². The molecule has 0 spiro atoms. The minimum atomic E-state index is -1.21. The van der Waals surface area contributed by atoms with Gasteiger partial charge in [0.05, 0.1) is 14.2 Å². The van der Waals surface area contributed by atoms with Crippen molar-refractivity contribution in [3.05, 3.63) is 54.1 Å². The van der Waals surface area contributed by atoms with E-state index in [0.29, 0.717) is 24.4 Å². The van der Waals surface area contributed by atoms with E-state index in [1.54, 1.807) is 52.3 Å². The Morgan fingerprint density at radius 3 is 2.22 bits per heavy atom. The Hall–Kier alpha value is -3.02. The molecule has 0 radical (unpaired) electrons. The van der Waals surface area contributed by atoms with Gasteiger partial charge in [0.25, 0.3) is 0 Å². The van der Waals surface area contributed by atoms with Crippen LogP contribution >= 0.6 is 0 Å². The predicted molar refractivity (Wildman–Crippen MR) is 105 cm³/mol. The van der Waals surface area contributed by atoms with E-state index in [-0.39, 0.29) is 11.8 Å². The van der Waals surface area contributed by atoms with Crippen molar-refractivity contribution >= 4 is 17.5 Å². The number of hydrogen-bond acceptors (Lipinski definition) is 4. The van der Waals surface area contributed by atoms with Crippen LogP contribution in [0.15, 0.2) is 48.5 Å². The number of amides is 2. The van der Waals surface area contributed by atoms with Crippen LogP contribution in [0.3, 0.4) is 0 Å². The first-order valence-corrected chi connectivity index (χ1v) is 8.74. The second kappa shape index (κ2) is 9.07. The number of para-hydroxylation sites is 1. The molecule has 0 aliphatic rings. The molecule has 0 aliphatic carbocycles. The molecule has 6 heteroatoms. The number of carbonyl (C=O) groups is 2. The molecule has 0 atom stereocenters. The van der Waals surface area contributed by atoms with Crippen LogP contribution in [0.5, 0.6) is 11.5 Å². The van der Waals surface area contributed by atoms with Crippen LogP contribution in [-0.4, -0.2) is 32.6 Å². The van der Waals surface area contributed by atoms with Crippen molar-refractivity contribution in [2.24, 2.45) is 5.41 Å². The SMILES string of the molecule is COc1ccc(NC(=O)C(C)(C)C(=O)NCCc2ccccc2OC)cc1. The molecule has 2 aromatic carbocycles. The van der Waals surface area contributed by atoms with Crippen LogP contribution in [0.25, 0.3) is 0 Å². The Balaban J connectivity index is 1.91. The van der Waals surface area contributed by atoms with Gasteiger partial charge in [0.2, 0.25) is 11.8 Å². The molecular weight excluding hydrogens is 344 g/mol. The van der Waals surface area contributed by atoms with Crippen LogP contribution in [0.2, 0.25) is 0 Å². The summed E-state index contributed by atoms with van der Waals surface area (Å²) in [5.74, 6) is 0.774. The fraction of sp³-hybridized carbons (Fsp3) is 0.333. The van der Waals surface area contributed by atoms with Gasteiger partial charge >= 0.3 is 0 Å². The summed E-state index contributed by atoms with van der Waals surface area (Å²) in [6.07, 6.45) is 0.617. The quantitative estimate of drug-likeness (QED) is 0.701.